The van der Waals surface area contributed by atoms with Gasteiger partial charge in [-0.2, -0.15) is 0 Å². The van der Waals surface area contributed by atoms with Crippen molar-refractivity contribution in [1.29, 1.82) is 0 Å². The summed E-state index contributed by atoms with van der Waals surface area (Å²) in [6, 6.07) is 18.3. The fourth-order valence-electron chi connectivity index (χ4n) is 15.2. The van der Waals surface area contributed by atoms with Crippen LogP contribution in [-0.2, 0) is 25.7 Å². The van der Waals surface area contributed by atoms with E-state index in [2.05, 4.69) is 62.6 Å². The number of benzene rings is 3. The molecule has 6 nitrogen and oxygen atoms in total. The van der Waals surface area contributed by atoms with Crippen LogP contribution < -0.4 is 20.1 Å². The zero-order valence-electron chi connectivity index (χ0n) is 66.4. The summed E-state index contributed by atoms with van der Waals surface area (Å²) in [7, 11) is 0. The van der Waals surface area contributed by atoms with E-state index in [0.29, 0.717) is 22.9 Å². The Balaban J connectivity index is 1.57. The number of hydrogen-bond donors (Lipinski definition) is 2. The minimum Gasteiger partial charge on any atom is -0.410 e. The summed E-state index contributed by atoms with van der Waals surface area (Å²) < 4.78 is 12.6. The number of nitrogens with one attached hydrogen (secondary N) is 2. The molecule has 0 unspecified atom stereocenters. The molecule has 0 aliphatic rings. The molecule has 0 spiro atoms. The van der Waals surface area contributed by atoms with Crippen LogP contribution in [0.2, 0.25) is 0 Å². The third-order valence-corrected chi connectivity index (χ3v) is 21.7. The largest absolute Gasteiger partial charge is 0.417 e. The van der Waals surface area contributed by atoms with Gasteiger partial charge < -0.3 is 9.47 Å². The van der Waals surface area contributed by atoms with Gasteiger partial charge in [-0.05, 0) is 110 Å². The van der Waals surface area contributed by atoms with Crippen LogP contribution in [-0.4, -0.2) is 12.2 Å². The normalized spacial score (nSPS) is 11.5. The number of carbonyl (C=O) groups is 2. The zero-order valence-corrected chi connectivity index (χ0v) is 66.4. The van der Waals surface area contributed by atoms with Gasteiger partial charge in [0, 0.05) is 11.4 Å². The first-order chi connectivity index (χ1) is 48.9. The Labute approximate surface area is 615 Å². The van der Waals surface area contributed by atoms with Crippen LogP contribution in [0, 0.1) is 6.92 Å². The maximum atomic E-state index is 14.0. The highest BCUT2D eigenvalue weighted by molar-refractivity contribution is 5.91. The second kappa shape index (κ2) is 67.4. The molecule has 568 valence electrons. The van der Waals surface area contributed by atoms with Gasteiger partial charge in [0.2, 0.25) is 0 Å². The van der Waals surface area contributed by atoms with Crippen molar-refractivity contribution in [2.45, 2.75) is 471 Å². The van der Waals surface area contributed by atoms with Crippen LogP contribution in [0.4, 0.5) is 21.0 Å². The van der Waals surface area contributed by atoms with E-state index in [0.717, 1.165) is 56.9 Å². The lowest BCUT2D eigenvalue weighted by molar-refractivity contribution is 0.213. The van der Waals surface area contributed by atoms with Gasteiger partial charge in [0.05, 0.1) is 0 Å². The summed E-state index contributed by atoms with van der Waals surface area (Å²) in [4.78, 5) is 28.0. The maximum Gasteiger partial charge on any atom is 0.417 e. The highest BCUT2D eigenvalue weighted by Crippen LogP contribution is 2.31. The second-order valence-corrected chi connectivity index (χ2v) is 31.1. The topological polar surface area (TPSA) is 76.7 Å². The van der Waals surface area contributed by atoms with E-state index in [4.69, 9.17) is 9.47 Å². The molecule has 0 aromatic heterocycles. The number of rotatable bonds is 72. The fraction of sp³-hybridized carbons (Fsp3) is 0.785. The Morgan fingerprint density at radius 2 is 0.485 bits per heavy atom. The van der Waals surface area contributed by atoms with E-state index >= 15 is 0 Å². The van der Waals surface area contributed by atoms with Crippen LogP contribution in [0.1, 0.15) is 466 Å². The minimum absolute atomic E-state index is 0.509. The molecule has 3 aromatic rings. The van der Waals surface area contributed by atoms with Crippen LogP contribution in [0.3, 0.4) is 0 Å². The Kier molecular flexibility index (Phi) is 60.9. The van der Waals surface area contributed by atoms with Crippen LogP contribution >= 0.6 is 0 Å². The molecule has 3 rings (SSSR count). The summed E-state index contributed by atoms with van der Waals surface area (Å²) >= 11 is 0. The van der Waals surface area contributed by atoms with E-state index in [-0.39, 0.29) is 0 Å². The molecular weight excluding hydrogens is 1210 g/mol. The molecule has 0 saturated heterocycles. The Bertz CT molecular complexity index is 2290. The Morgan fingerprint density at radius 3 is 0.737 bits per heavy atom. The van der Waals surface area contributed by atoms with Crippen molar-refractivity contribution in [3.05, 3.63) is 82.4 Å². The van der Waals surface area contributed by atoms with Gasteiger partial charge in [0.15, 0.2) is 0 Å². The standard InChI is InChI=1S/C93H162N2O4/c1-6-10-14-18-22-26-30-34-38-42-46-50-54-58-62-66-72-84-74-70-78-90(87(84)76-68-64-60-56-52-48-44-40-36-32-28-24-20-16-12-8-3)98-92(96)94-86-81-80-83(5)89(82-86)95-93(97)99-91-79-71-75-85(73-67-63-59-55-51-47-43-39-35-31-27-23-19-15-11-7-2)88(91)77-69-65-61-57-53-49-45-41-37-33-29-25-21-17-13-9-4/h70-71,74-75,78-82H,6-69,72-73,76-77H2,1-5H3,(H,94,96)(H,95,97). The molecule has 0 saturated carbocycles. The Hall–Kier alpha value is -3.80. The Morgan fingerprint density at radius 1 is 0.263 bits per heavy atom. The van der Waals surface area contributed by atoms with Crippen molar-refractivity contribution in [1.82, 2.24) is 0 Å². The predicted octanol–water partition coefficient (Wildman–Crippen LogP) is 32.4. The summed E-state index contributed by atoms with van der Waals surface area (Å²) in [5.41, 5.74) is 7.09. The van der Waals surface area contributed by atoms with Gasteiger partial charge in [-0.3, -0.25) is 10.6 Å². The van der Waals surface area contributed by atoms with Crippen molar-refractivity contribution in [3.8, 4) is 11.5 Å². The smallest absolute Gasteiger partial charge is 0.410 e. The minimum atomic E-state index is -0.514. The summed E-state index contributed by atoms with van der Waals surface area (Å²) in [6.45, 7) is 11.2. The lowest BCUT2D eigenvalue weighted by Gasteiger charge is -2.17. The van der Waals surface area contributed by atoms with Gasteiger partial charge in [-0.15, -0.1) is 0 Å². The molecule has 0 atom stereocenters. The molecule has 2 amide bonds. The van der Waals surface area contributed by atoms with Crippen LogP contribution in [0.15, 0.2) is 54.6 Å². The average molecular weight is 1370 g/mol. The number of hydrogen-bond acceptors (Lipinski definition) is 4. The molecule has 6 heteroatoms. The lowest BCUT2D eigenvalue weighted by Crippen LogP contribution is -2.20. The number of amides is 2. The average Bonchev–Trinajstić information content (AvgIpc) is 0.855. The quantitative estimate of drug-likeness (QED) is 0.0552. The predicted molar refractivity (Wildman–Crippen MR) is 436 cm³/mol. The van der Waals surface area contributed by atoms with E-state index in [1.165, 1.54) is 408 Å². The number of aryl methyl sites for hydroxylation is 3. The molecule has 0 aliphatic heterocycles. The van der Waals surface area contributed by atoms with Crippen LogP contribution in [0.25, 0.3) is 0 Å². The molecule has 2 N–H and O–H groups in total. The molecule has 3 aromatic carbocycles. The van der Waals surface area contributed by atoms with Crippen molar-refractivity contribution in [3.63, 3.8) is 0 Å². The third-order valence-electron chi connectivity index (χ3n) is 21.7. The molecule has 0 aliphatic carbocycles. The lowest BCUT2D eigenvalue weighted by atomic mass is 9.95. The van der Waals surface area contributed by atoms with E-state index in [1.807, 2.05) is 37.3 Å². The summed E-state index contributed by atoms with van der Waals surface area (Å²) in [5.74, 6) is 1.34. The molecule has 0 fully saturated rings. The first kappa shape index (κ1) is 89.4. The van der Waals surface area contributed by atoms with Crippen LogP contribution in [0.5, 0.6) is 11.5 Å². The maximum absolute atomic E-state index is 14.0. The van der Waals surface area contributed by atoms with Gasteiger partial charge in [-0.1, -0.05) is 443 Å². The van der Waals surface area contributed by atoms with Crippen molar-refractivity contribution < 1.29 is 19.1 Å². The van der Waals surface area contributed by atoms with Gasteiger partial charge >= 0.3 is 12.2 Å². The highest BCUT2D eigenvalue weighted by atomic mass is 16.6. The SMILES string of the molecule is CCCCCCCCCCCCCCCCCCc1cccc(OC(=O)Nc2ccc(C)c(NC(=O)Oc3cccc(CCCCCCCCCCCCCCCCCC)c3CCCCCCCCCCCCCCCCCC)c2)c1CCCCCCCCCCCCCCCCCC. The molecule has 0 bridgehead atoms. The number of anilines is 2. The molecule has 99 heavy (non-hydrogen) atoms. The monoisotopic (exact) mass is 1370 g/mol. The van der Waals surface area contributed by atoms with Gasteiger partial charge in [0.25, 0.3) is 0 Å². The fourth-order valence-corrected chi connectivity index (χ4v) is 15.2. The summed E-state index contributed by atoms with van der Waals surface area (Å²) in [5, 5.41) is 6.11. The van der Waals surface area contributed by atoms with E-state index in [9.17, 15) is 9.59 Å². The zero-order chi connectivity index (χ0) is 70.6. The number of ether oxygens (including phenoxy) is 2. The highest BCUT2D eigenvalue weighted by Gasteiger charge is 2.18. The molecular formula is C93H162N2O4. The number of carbonyl (C=O) groups excluding carboxylic acids is 2. The van der Waals surface area contributed by atoms with Crippen molar-refractivity contribution in [2.24, 2.45) is 0 Å². The van der Waals surface area contributed by atoms with Crippen molar-refractivity contribution >= 4 is 23.6 Å². The van der Waals surface area contributed by atoms with Gasteiger partial charge in [0.1, 0.15) is 11.5 Å². The molecule has 0 radical (unpaired) electrons. The van der Waals surface area contributed by atoms with Crippen molar-refractivity contribution in [2.75, 3.05) is 10.6 Å². The van der Waals surface area contributed by atoms with Gasteiger partial charge in [-0.25, -0.2) is 9.59 Å². The first-order valence-corrected chi connectivity index (χ1v) is 44.2. The number of unbranched alkanes of at least 4 members (excludes halogenated alkanes) is 60. The second-order valence-electron chi connectivity index (χ2n) is 31.1. The first-order valence-electron chi connectivity index (χ1n) is 44.2. The van der Waals surface area contributed by atoms with E-state index < -0.39 is 12.2 Å². The molecule has 0 heterocycles. The summed E-state index contributed by atoms with van der Waals surface area (Å²) in [6.07, 6.45) is 89.7. The third kappa shape index (κ3) is 51.1. The van der Waals surface area contributed by atoms with E-state index in [1.54, 1.807) is 0 Å².